The van der Waals surface area contributed by atoms with Crippen molar-refractivity contribution in [1.82, 2.24) is 14.3 Å². The molecule has 1 fully saturated rings. The van der Waals surface area contributed by atoms with Gasteiger partial charge in [0, 0.05) is 12.7 Å². The van der Waals surface area contributed by atoms with Crippen LogP contribution in [0.4, 0.5) is 5.82 Å². The van der Waals surface area contributed by atoms with E-state index in [-0.39, 0.29) is 11.5 Å². The van der Waals surface area contributed by atoms with E-state index in [1.54, 1.807) is 17.2 Å². The first-order chi connectivity index (χ1) is 14.9. The van der Waals surface area contributed by atoms with E-state index in [0.29, 0.717) is 39.3 Å². The maximum absolute atomic E-state index is 13.2. The molecule has 8 heteroatoms. The number of benzene rings is 1. The first-order valence-corrected chi connectivity index (χ1v) is 11.2. The molecule has 6 nitrogen and oxygen atoms in total. The summed E-state index contributed by atoms with van der Waals surface area (Å²) in [6.07, 6.45) is 3.36. The van der Waals surface area contributed by atoms with Crippen molar-refractivity contribution < 1.29 is 4.79 Å². The summed E-state index contributed by atoms with van der Waals surface area (Å²) in [5.41, 5.74) is 3.77. The van der Waals surface area contributed by atoms with Gasteiger partial charge in [-0.05, 0) is 44.0 Å². The molecule has 0 saturated carbocycles. The molecule has 0 aliphatic carbocycles. The maximum Gasteiger partial charge on any atom is 0.267 e. The number of anilines is 1. The average molecular weight is 451 g/mol. The molecular weight excluding hydrogens is 428 g/mol. The third-order valence-electron chi connectivity index (χ3n) is 4.96. The standard InChI is InChI=1S/C23H22N4O2S2/c1-4-24-20-17(21(28)26-12-15(3)7-10-19(26)25-20)11-18-22(29)27(23(30)31-18)13-16-8-5-14(2)6-9-16/h5-12,24H,4,13H2,1-3H3/b18-11+. The smallest absolute Gasteiger partial charge is 0.267 e. The van der Waals surface area contributed by atoms with Gasteiger partial charge in [-0.25, -0.2) is 4.98 Å². The van der Waals surface area contributed by atoms with Gasteiger partial charge in [-0.15, -0.1) is 0 Å². The van der Waals surface area contributed by atoms with Crippen molar-refractivity contribution >= 4 is 51.7 Å². The van der Waals surface area contributed by atoms with E-state index in [1.165, 1.54) is 16.2 Å². The van der Waals surface area contributed by atoms with Gasteiger partial charge in [0.15, 0.2) is 0 Å². The maximum atomic E-state index is 13.2. The summed E-state index contributed by atoms with van der Waals surface area (Å²) in [5, 5.41) is 3.14. The fourth-order valence-corrected chi connectivity index (χ4v) is 4.57. The summed E-state index contributed by atoms with van der Waals surface area (Å²) >= 11 is 6.67. The number of hydrogen-bond acceptors (Lipinski definition) is 6. The number of pyridine rings is 1. The number of carbonyl (C=O) groups excluding carboxylic acids is 1. The minimum atomic E-state index is -0.228. The monoisotopic (exact) mass is 450 g/mol. The van der Waals surface area contributed by atoms with Crippen LogP contribution in [-0.4, -0.2) is 31.1 Å². The van der Waals surface area contributed by atoms with Crippen molar-refractivity contribution in [3.05, 3.63) is 80.1 Å². The van der Waals surface area contributed by atoms with Crippen LogP contribution in [0.15, 0.2) is 52.3 Å². The van der Waals surface area contributed by atoms with Crippen molar-refractivity contribution in [3.63, 3.8) is 0 Å². The van der Waals surface area contributed by atoms with Crippen molar-refractivity contribution in [2.45, 2.75) is 27.3 Å². The Kier molecular flexibility index (Phi) is 5.93. The Bertz CT molecular complexity index is 1280. The second-order valence-corrected chi connectivity index (χ2v) is 9.07. The van der Waals surface area contributed by atoms with E-state index < -0.39 is 0 Å². The SMILES string of the molecule is CCNc1nc2ccc(C)cn2c(=O)c1/C=C1/SC(=S)N(Cc2ccc(C)cc2)C1=O. The van der Waals surface area contributed by atoms with Crippen LogP contribution in [-0.2, 0) is 11.3 Å². The molecule has 1 amide bonds. The number of hydrogen-bond donors (Lipinski definition) is 1. The van der Waals surface area contributed by atoms with E-state index >= 15 is 0 Å². The highest BCUT2D eigenvalue weighted by molar-refractivity contribution is 8.26. The van der Waals surface area contributed by atoms with Gasteiger partial charge in [0.25, 0.3) is 11.5 Å². The molecule has 1 saturated heterocycles. The minimum absolute atomic E-state index is 0.202. The second-order valence-electron chi connectivity index (χ2n) is 7.40. The van der Waals surface area contributed by atoms with Crippen LogP contribution in [0.5, 0.6) is 0 Å². The predicted molar refractivity (Wildman–Crippen MR) is 130 cm³/mol. The van der Waals surface area contributed by atoms with E-state index in [1.807, 2.05) is 57.2 Å². The lowest BCUT2D eigenvalue weighted by Crippen LogP contribution is -2.27. The van der Waals surface area contributed by atoms with Gasteiger partial charge in [-0.1, -0.05) is 59.9 Å². The third kappa shape index (κ3) is 4.26. The zero-order chi connectivity index (χ0) is 22.1. The van der Waals surface area contributed by atoms with Crippen LogP contribution in [0.1, 0.15) is 29.2 Å². The summed E-state index contributed by atoms with van der Waals surface area (Å²) in [6, 6.07) is 11.7. The van der Waals surface area contributed by atoms with Crippen LogP contribution in [0.2, 0.25) is 0 Å². The molecule has 3 aromatic rings. The first-order valence-electron chi connectivity index (χ1n) is 9.95. The molecule has 1 aliphatic rings. The third-order valence-corrected chi connectivity index (χ3v) is 6.34. The Morgan fingerprint density at radius 2 is 1.81 bits per heavy atom. The second kappa shape index (κ2) is 8.64. The lowest BCUT2D eigenvalue weighted by molar-refractivity contribution is -0.122. The number of rotatable bonds is 5. The molecule has 0 unspecified atom stereocenters. The van der Waals surface area contributed by atoms with E-state index in [0.717, 1.165) is 16.7 Å². The number of fused-ring (bicyclic) bond motifs is 1. The average Bonchev–Trinajstić information content (AvgIpc) is 3.00. The van der Waals surface area contributed by atoms with E-state index in [4.69, 9.17) is 12.2 Å². The van der Waals surface area contributed by atoms with Crippen LogP contribution in [0.25, 0.3) is 11.7 Å². The number of carbonyl (C=O) groups is 1. The number of aromatic nitrogens is 2. The first kappa shape index (κ1) is 21.3. The topological polar surface area (TPSA) is 66.7 Å². The number of thiocarbonyl (C=S) groups is 1. The molecule has 1 aliphatic heterocycles. The number of nitrogens with one attached hydrogen (secondary N) is 1. The molecule has 0 atom stereocenters. The van der Waals surface area contributed by atoms with Gasteiger partial charge in [0.2, 0.25) is 0 Å². The number of nitrogens with zero attached hydrogens (tertiary/aromatic N) is 3. The van der Waals surface area contributed by atoms with Crippen molar-refractivity contribution in [3.8, 4) is 0 Å². The largest absolute Gasteiger partial charge is 0.370 e. The summed E-state index contributed by atoms with van der Waals surface area (Å²) < 4.78 is 1.99. The Hall–Kier alpha value is -2.97. The summed E-state index contributed by atoms with van der Waals surface area (Å²) in [5.74, 6) is 0.256. The zero-order valence-corrected chi connectivity index (χ0v) is 19.1. The highest BCUT2D eigenvalue weighted by Crippen LogP contribution is 2.34. The van der Waals surface area contributed by atoms with Crippen LogP contribution >= 0.6 is 24.0 Å². The summed E-state index contributed by atoms with van der Waals surface area (Å²) in [6.45, 7) is 6.87. The molecule has 31 heavy (non-hydrogen) atoms. The quantitative estimate of drug-likeness (QED) is 0.465. The molecule has 4 rings (SSSR count). The fraction of sp³-hybridized carbons (Fsp3) is 0.217. The van der Waals surface area contributed by atoms with Crippen LogP contribution in [0.3, 0.4) is 0 Å². The lowest BCUT2D eigenvalue weighted by atomic mass is 10.1. The van der Waals surface area contributed by atoms with Crippen LogP contribution in [0, 0.1) is 13.8 Å². The van der Waals surface area contributed by atoms with Gasteiger partial charge >= 0.3 is 0 Å². The van der Waals surface area contributed by atoms with E-state index in [9.17, 15) is 9.59 Å². The molecule has 3 heterocycles. The normalized spacial score (nSPS) is 15.3. The van der Waals surface area contributed by atoms with Crippen molar-refractivity contribution in [1.29, 1.82) is 0 Å². The Morgan fingerprint density at radius 3 is 2.52 bits per heavy atom. The van der Waals surface area contributed by atoms with Gasteiger partial charge in [0.1, 0.15) is 15.8 Å². The zero-order valence-electron chi connectivity index (χ0n) is 17.5. The number of thioether (sulfide) groups is 1. The Balaban J connectivity index is 1.73. The Labute approximate surface area is 190 Å². The molecule has 0 radical (unpaired) electrons. The molecule has 0 bridgehead atoms. The molecular formula is C23H22N4O2S2. The number of aryl methyl sites for hydroxylation is 2. The predicted octanol–water partition coefficient (Wildman–Crippen LogP) is 4.14. The summed E-state index contributed by atoms with van der Waals surface area (Å²) in [7, 11) is 0. The Morgan fingerprint density at radius 1 is 1.10 bits per heavy atom. The summed E-state index contributed by atoms with van der Waals surface area (Å²) in [4.78, 5) is 32.9. The number of amides is 1. The molecule has 158 valence electrons. The van der Waals surface area contributed by atoms with E-state index in [2.05, 4.69) is 10.3 Å². The van der Waals surface area contributed by atoms with Crippen molar-refractivity contribution in [2.75, 3.05) is 11.9 Å². The molecule has 0 spiro atoms. The van der Waals surface area contributed by atoms with Crippen molar-refractivity contribution in [2.24, 2.45) is 0 Å². The molecule has 2 aromatic heterocycles. The van der Waals surface area contributed by atoms with Gasteiger partial charge in [-0.3, -0.25) is 18.9 Å². The highest BCUT2D eigenvalue weighted by Gasteiger charge is 2.32. The fourth-order valence-electron chi connectivity index (χ4n) is 3.33. The lowest BCUT2D eigenvalue weighted by Gasteiger charge is -2.14. The minimum Gasteiger partial charge on any atom is -0.370 e. The van der Waals surface area contributed by atoms with Gasteiger partial charge in [-0.2, -0.15) is 0 Å². The van der Waals surface area contributed by atoms with Crippen LogP contribution < -0.4 is 10.9 Å². The molecule has 1 aromatic carbocycles. The highest BCUT2D eigenvalue weighted by atomic mass is 32.2. The van der Waals surface area contributed by atoms with Gasteiger partial charge < -0.3 is 5.32 Å². The van der Waals surface area contributed by atoms with Gasteiger partial charge in [0.05, 0.1) is 17.0 Å². The molecule has 1 N–H and O–H groups in total.